The monoisotopic (exact) mass is 275 g/mol. The number of nitrogens with zero attached hydrogens (tertiary/aromatic N) is 1. The van der Waals surface area contributed by atoms with Crippen LogP contribution in [0.2, 0.25) is 0 Å². The van der Waals surface area contributed by atoms with Crippen LogP contribution in [0.25, 0.3) is 0 Å². The summed E-state index contributed by atoms with van der Waals surface area (Å²) in [5.41, 5.74) is 1.68. The van der Waals surface area contributed by atoms with E-state index in [1.54, 1.807) is 11.0 Å². The van der Waals surface area contributed by atoms with E-state index in [1.807, 2.05) is 12.1 Å². The van der Waals surface area contributed by atoms with E-state index in [4.69, 9.17) is 9.84 Å². The van der Waals surface area contributed by atoms with E-state index in [0.29, 0.717) is 31.7 Å². The number of aliphatic carboxylic acids is 1. The van der Waals surface area contributed by atoms with Crippen molar-refractivity contribution < 1.29 is 19.4 Å². The molecule has 0 spiro atoms. The molecule has 2 heterocycles. The van der Waals surface area contributed by atoms with Crippen LogP contribution in [-0.4, -0.2) is 41.6 Å². The summed E-state index contributed by atoms with van der Waals surface area (Å²) in [5.74, 6) is -0.482. The Balaban J connectivity index is 1.76. The Morgan fingerprint density at radius 1 is 1.35 bits per heavy atom. The molecule has 0 radical (unpaired) electrons. The molecule has 1 fully saturated rings. The van der Waals surface area contributed by atoms with Gasteiger partial charge in [0.1, 0.15) is 5.75 Å². The molecule has 0 saturated carbocycles. The van der Waals surface area contributed by atoms with Crippen LogP contribution < -0.4 is 4.74 Å². The minimum Gasteiger partial charge on any atom is -0.493 e. The standard InChI is InChI=1S/C15H17NO4/c17-14(16-6-1-2-12(9-16)15(18)19)11-3-4-13-10(8-11)5-7-20-13/h3-4,8,12H,1-2,5-7,9H2,(H,18,19)/t12-/m0/s1. The molecule has 0 aliphatic carbocycles. The number of amides is 1. The first-order valence-electron chi connectivity index (χ1n) is 6.93. The van der Waals surface area contributed by atoms with Crippen LogP contribution >= 0.6 is 0 Å². The molecule has 0 aromatic heterocycles. The van der Waals surface area contributed by atoms with Gasteiger partial charge in [-0.2, -0.15) is 0 Å². The van der Waals surface area contributed by atoms with Crippen molar-refractivity contribution in [2.45, 2.75) is 19.3 Å². The van der Waals surface area contributed by atoms with E-state index < -0.39 is 11.9 Å². The first-order valence-corrected chi connectivity index (χ1v) is 6.93. The van der Waals surface area contributed by atoms with E-state index in [0.717, 1.165) is 24.2 Å². The third-order valence-corrected chi connectivity index (χ3v) is 3.99. The summed E-state index contributed by atoms with van der Waals surface area (Å²) in [6.45, 7) is 1.61. The van der Waals surface area contributed by atoms with E-state index in [-0.39, 0.29) is 5.91 Å². The highest BCUT2D eigenvalue weighted by Gasteiger charge is 2.29. The maximum atomic E-state index is 12.5. The van der Waals surface area contributed by atoms with Gasteiger partial charge in [-0.25, -0.2) is 0 Å². The lowest BCUT2D eigenvalue weighted by Crippen LogP contribution is -2.42. The SMILES string of the molecule is O=C(O)[C@H]1CCCN(C(=O)c2ccc3c(c2)CCO3)C1. The van der Waals surface area contributed by atoms with Crippen LogP contribution in [0.4, 0.5) is 0 Å². The zero-order valence-corrected chi connectivity index (χ0v) is 11.2. The maximum absolute atomic E-state index is 12.5. The Morgan fingerprint density at radius 3 is 3.00 bits per heavy atom. The third-order valence-electron chi connectivity index (χ3n) is 3.99. The fourth-order valence-electron chi connectivity index (χ4n) is 2.87. The van der Waals surface area contributed by atoms with E-state index in [2.05, 4.69) is 0 Å². The smallest absolute Gasteiger partial charge is 0.308 e. The molecule has 1 saturated heterocycles. The first-order chi connectivity index (χ1) is 9.65. The zero-order chi connectivity index (χ0) is 14.1. The molecule has 20 heavy (non-hydrogen) atoms. The van der Waals surface area contributed by atoms with E-state index >= 15 is 0 Å². The Labute approximate surface area is 117 Å². The molecular formula is C15H17NO4. The van der Waals surface area contributed by atoms with Gasteiger partial charge in [-0.1, -0.05) is 0 Å². The van der Waals surface area contributed by atoms with Crippen molar-refractivity contribution in [2.24, 2.45) is 5.92 Å². The number of likely N-dealkylation sites (tertiary alicyclic amines) is 1. The van der Waals surface area contributed by atoms with Crippen molar-refractivity contribution in [1.29, 1.82) is 0 Å². The lowest BCUT2D eigenvalue weighted by molar-refractivity contribution is -0.143. The number of fused-ring (bicyclic) bond motifs is 1. The molecule has 0 bridgehead atoms. The predicted octanol–water partition coefficient (Wildman–Crippen LogP) is 1.56. The quantitative estimate of drug-likeness (QED) is 0.889. The van der Waals surface area contributed by atoms with Gasteiger partial charge < -0.3 is 14.7 Å². The number of hydrogen-bond acceptors (Lipinski definition) is 3. The van der Waals surface area contributed by atoms with Gasteiger partial charge in [0.25, 0.3) is 5.91 Å². The zero-order valence-electron chi connectivity index (χ0n) is 11.2. The van der Waals surface area contributed by atoms with Gasteiger partial charge in [0.05, 0.1) is 12.5 Å². The molecule has 1 amide bonds. The van der Waals surface area contributed by atoms with Crippen molar-refractivity contribution in [3.8, 4) is 5.75 Å². The molecule has 1 N–H and O–H groups in total. The second-order valence-electron chi connectivity index (χ2n) is 5.35. The van der Waals surface area contributed by atoms with Crippen molar-refractivity contribution >= 4 is 11.9 Å². The minimum atomic E-state index is -0.815. The number of hydrogen-bond donors (Lipinski definition) is 1. The number of rotatable bonds is 2. The molecule has 3 rings (SSSR count). The lowest BCUT2D eigenvalue weighted by atomic mass is 9.97. The van der Waals surface area contributed by atoms with Gasteiger partial charge in [0.15, 0.2) is 0 Å². The minimum absolute atomic E-state index is 0.0781. The van der Waals surface area contributed by atoms with Gasteiger partial charge >= 0.3 is 5.97 Å². The molecule has 0 unspecified atom stereocenters. The summed E-state index contributed by atoms with van der Waals surface area (Å²) in [6, 6.07) is 5.46. The summed E-state index contributed by atoms with van der Waals surface area (Å²) in [5, 5.41) is 9.08. The maximum Gasteiger partial charge on any atom is 0.308 e. The van der Waals surface area contributed by atoms with Gasteiger partial charge in [-0.3, -0.25) is 9.59 Å². The topological polar surface area (TPSA) is 66.8 Å². The Hall–Kier alpha value is -2.04. The number of carbonyl (C=O) groups is 2. The highest BCUT2D eigenvalue weighted by atomic mass is 16.5. The number of benzene rings is 1. The van der Waals surface area contributed by atoms with Crippen LogP contribution in [0.1, 0.15) is 28.8 Å². The summed E-state index contributed by atoms with van der Waals surface area (Å²) in [6.07, 6.45) is 2.22. The van der Waals surface area contributed by atoms with E-state index in [1.165, 1.54) is 0 Å². The molecule has 2 aliphatic rings. The van der Waals surface area contributed by atoms with Crippen LogP contribution in [-0.2, 0) is 11.2 Å². The number of ether oxygens (including phenoxy) is 1. The molecule has 2 aliphatic heterocycles. The summed E-state index contributed by atoms with van der Waals surface area (Å²) in [7, 11) is 0. The van der Waals surface area contributed by atoms with Crippen molar-refractivity contribution in [3.63, 3.8) is 0 Å². The summed E-state index contributed by atoms with van der Waals surface area (Å²) < 4.78 is 5.42. The second-order valence-corrected chi connectivity index (χ2v) is 5.35. The third kappa shape index (κ3) is 2.35. The fourth-order valence-corrected chi connectivity index (χ4v) is 2.87. The average Bonchev–Trinajstić information content (AvgIpc) is 2.94. The summed E-state index contributed by atoms with van der Waals surface area (Å²) >= 11 is 0. The van der Waals surface area contributed by atoms with Gasteiger partial charge in [-0.05, 0) is 36.6 Å². The molecule has 5 nitrogen and oxygen atoms in total. The van der Waals surface area contributed by atoms with Crippen molar-refractivity contribution in [1.82, 2.24) is 4.90 Å². The molecule has 5 heteroatoms. The van der Waals surface area contributed by atoms with Crippen LogP contribution in [0.15, 0.2) is 18.2 Å². The Morgan fingerprint density at radius 2 is 2.20 bits per heavy atom. The van der Waals surface area contributed by atoms with Crippen LogP contribution in [0.5, 0.6) is 5.75 Å². The Bertz CT molecular complexity index is 555. The first kappa shape index (κ1) is 13.0. The van der Waals surface area contributed by atoms with Gasteiger partial charge in [-0.15, -0.1) is 0 Å². The molecule has 106 valence electrons. The number of carboxylic acid groups (broad SMARTS) is 1. The van der Waals surface area contributed by atoms with Crippen molar-refractivity contribution in [3.05, 3.63) is 29.3 Å². The second kappa shape index (κ2) is 5.15. The Kier molecular flexibility index (Phi) is 3.34. The molecule has 1 aromatic carbocycles. The van der Waals surface area contributed by atoms with Crippen molar-refractivity contribution in [2.75, 3.05) is 19.7 Å². The van der Waals surface area contributed by atoms with Crippen LogP contribution in [0.3, 0.4) is 0 Å². The number of piperidine rings is 1. The highest BCUT2D eigenvalue weighted by molar-refractivity contribution is 5.95. The normalized spacial score (nSPS) is 21.2. The van der Waals surface area contributed by atoms with Gasteiger partial charge in [0.2, 0.25) is 0 Å². The predicted molar refractivity (Wildman–Crippen MR) is 71.9 cm³/mol. The number of carboxylic acids is 1. The molecule has 1 aromatic rings. The van der Waals surface area contributed by atoms with Crippen LogP contribution in [0, 0.1) is 5.92 Å². The number of carbonyl (C=O) groups excluding carboxylic acids is 1. The lowest BCUT2D eigenvalue weighted by Gasteiger charge is -2.30. The summed E-state index contributed by atoms with van der Waals surface area (Å²) in [4.78, 5) is 25.2. The van der Waals surface area contributed by atoms with E-state index in [9.17, 15) is 9.59 Å². The average molecular weight is 275 g/mol. The molecule has 1 atom stereocenters. The molecular weight excluding hydrogens is 258 g/mol. The highest BCUT2D eigenvalue weighted by Crippen LogP contribution is 2.27. The van der Waals surface area contributed by atoms with Gasteiger partial charge in [0, 0.05) is 25.1 Å². The largest absolute Gasteiger partial charge is 0.493 e. The fraction of sp³-hybridized carbons (Fsp3) is 0.467.